The molecule has 204 valence electrons. The molecule has 2 N–H and O–H groups in total. The lowest BCUT2D eigenvalue weighted by Crippen LogP contribution is -2.37. The van der Waals surface area contributed by atoms with Gasteiger partial charge in [-0.15, -0.1) is 10.2 Å². The third kappa shape index (κ3) is 5.71. The minimum atomic E-state index is -4.94. The van der Waals surface area contributed by atoms with E-state index in [1.54, 1.807) is 12.1 Å². The van der Waals surface area contributed by atoms with E-state index < -0.39 is 24.5 Å². The van der Waals surface area contributed by atoms with Crippen molar-refractivity contribution in [3.05, 3.63) is 75.8 Å². The average molecular weight is 563 g/mol. The summed E-state index contributed by atoms with van der Waals surface area (Å²) in [5.74, 6) is -0.115. The molecule has 3 heterocycles. The summed E-state index contributed by atoms with van der Waals surface area (Å²) >= 11 is 5.91. The van der Waals surface area contributed by atoms with Crippen LogP contribution in [0.1, 0.15) is 35.9 Å². The van der Waals surface area contributed by atoms with Crippen LogP contribution in [0, 0.1) is 0 Å². The lowest BCUT2D eigenvalue weighted by atomic mass is 10.2. The van der Waals surface area contributed by atoms with E-state index in [-0.39, 0.29) is 41.0 Å². The lowest BCUT2D eigenvalue weighted by Gasteiger charge is -2.15. The number of carbonyl (C=O) groups is 1. The number of aliphatic hydroxyl groups is 1. The van der Waals surface area contributed by atoms with E-state index in [1.807, 2.05) is 6.92 Å². The highest BCUT2D eigenvalue weighted by atomic mass is 35.5. The fourth-order valence-electron chi connectivity index (χ4n) is 3.81. The number of amides is 1. The van der Waals surface area contributed by atoms with Gasteiger partial charge in [0, 0.05) is 22.3 Å². The summed E-state index contributed by atoms with van der Waals surface area (Å²) < 4.78 is 42.2. The maximum absolute atomic E-state index is 13.1. The molecular formula is C24H22ClF3N8O3. The zero-order valence-electron chi connectivity index (χ0n) is 20.4. The monoisotopic (exact) mass is 562 g/mol. The molecule has 0 radical (unpaired) electrons. The van der Waals surface area contributed by atoms with E-state index in [1.165, 1.54) is 41.5 Å². The molecule has 1 atom stereocenters. The first-order valence-electron chi connectivity index (χ1n) is 11.8. The number of alkyl halides is 3. The Balaban J connectivity index is 1.45. The Morgan fingerprint density at radius 1 is 1.18 bits per heavy atom. The average Bonchev–Trinajstić information content (AvgIpc) is 3.29. The fourth-order valence-corrected chi connectivity index (χ4v) is 3.94. The van der Waals surface area contributed by atoms with E-state index in [9.17, 15) is 27.9 Å². The predicted octanol–water partition coefficient (Wildman–Crippen LogP) is 2.59. The molecule has 4 aromatic rings. The van der Waals surface area contributed by atoms with Crippen LogP contribution in [0.3, 0.4) is 0 Å². The molecule has 5 rings (SSSR count). The molecular weight excluding hydrogens is 541 g/mol. The summed E-state index contributed by atoms with van der Waals surface area (Å²) in [6, 6.07) is 9.20. The molecule has 1 aromatic carbocycles. The number of benzene rings is 1. The Morgan fingerprint density at radius 3 is 2.56 bits per heavy atom. The number of rotatable bonds is 8. The number of aliphatic hydroxyl groups excluding tert-OH is 1. The molecule has 39 heavy (non-hydrogen) atoms. The number of nitrogens with zero attached hydrogens (tertiary/aromatic N) is 7. The smallest absolute Gasteiger partial charge is 0.382 e. The van der Waals surface area contributed by atoms with Crippen molar-refractivity contribution < 1.29 is 23.1 Å². The standard InChI is InChI=1S/C24H22ClF3N8O3/c1-23(8-9-23)31-21(38)16-3-2-10-29-20(16)36-13-30-18(32-36)12-35-22(39)34(11-17(37)24(26,27)28)19(33-35)14-4-6-15(25)7-5-14/h2-7,10,13,17,37H,8-9,11-12H2,1H3,(H,31,38)/t17-/m0/s1. The predicted molar refractivity (Wildman–Crippen MR) is 132 cm³/mol. The first kappa shape index (κ1) is 26.6. The zero-order valence-corrected chi connectivity index (χ0v) is 21.2. The highest BCUT2D eigenvalue weighted by molar-refractivity contribution is 6.30. The Labute approximate surface area is 223 Å². The Morgan fingerprint density at radius 2 is 1.90 bits per heavy atom. The molecule has 1 fully saturated rings. The van der Waals surface area contributed by atoms with Crippen molar-refractivity contribution in [3.8, 4) is 17.2 Å². The van der Waals surface area contributed by atoms with E-state index in [0.29, 0.717) is 10.6 Å². The third-order valence-corrected chi connectivity index (χ3v) is 6.50. The Kier molecular flexibility index (Phi) is 6.76. The second-order valence-electron chi connectivity index (χ2n) is 9.43. The molecule has 0 aliphatic heterocycles. The van der Waals surface area contributed by atoms with Gasteiger partial charge in [0.15, 0.2) is 23.6 Å². The van der Waals surface area contributed by atoms with E-state index in [2.05, 4.69) is 25.5 Å². The van der Waals surface area contributed by atoms with Crippen molar-refractivity contribution >= 4 is 17.5 Å². The van der Waals surface area contributed by atoms with Crippen molar-refractivity contribution in [1.82, 2.24) is 39.4 Å². The van der Waals surface area contributed by atoms with Gasteiger partial charge in [-0.2, -0.15) is 13.2 Å². The second-order valence-corrected chi connectivity index (χ2v) is 9.87. The minimum Gasteiger partial charge on any atom is -0.382 e. The van der Waals surface area contributed by atoms with Crippen molar-refractivity contribution in [1.29, 1.82) is 0 Å². The highest BCUT2D eigenvalue weighted by Crippen LogP contribution is 2.34. The molecule has 1 saturated carbocycles. The van der Waals surface area contributed by atoms with Crippen molar-refractivity contribution in [3.63, 3.8) is 0 Å². The quantitative estimate of drug-likeness (QED) is 0.337. The van der Waals surface area contributed by atoms with Gasteiger partial charge in [0.2, 0.25) is 0 Å². The third-order valence-electron chi connectivity index (χ3n) is 6.25. The number of carbonyl (C=O) groups excluding carboxylic acids is 1. The molecule has 0 unspecified atom stereocenters. The van der Waals surface area contributed by atoms with Crippen molar-refractivity contribution in [2.24, 2.45) is 0 Å². The molecule has 3 aromatic heterocycles. The summed E-state index contributed by atoms with van der Waals surface area (Å²) in [5, 5.41) is 21.5. The van der Waals surface area contributed by atoms with Crippen LogP contribution >= 0.6 is 11.6 Å². The zero-order chi connectivity index (χ0) is 27.9. The largest absolute Gasteiger partial charge is 0.416 e. The first-order chi connectivity index (χ1) is 18.4. The molecule has 1 aliphatic carbocycles. The summed E-state index contributed by atoms with van der Waals surface area (Å²) in [4.78, 5) is 34.3. The lowest BCUT2D eigenvalue weighted by molar-refractivity contribution is -0.207. The highest BCUT2D eigenvalue weighted by Gasteiger charge is 2.40. The van der Waals surface area contributed by atoms with E-state index in [4.69, 9.17) is 11.6 Å². The first-order valence-corrected chi connectivity index (χ1v) is 12.2. The fraction of sp³-hybridized carbons (Fsp3) is 0.333. The SMILES string of the molecule is CC1(NC(=O)c2cccnc2-n2cnc(Cn3nc(-c4ccc(Cl)cc4)n(C[C@H](O)C(F)(F)F)c3=O)n2)CC1. The maximum atomic E-state index is 13.1. The van der Waals surface area contributed by atoms with Crippen LogP contribution in [0.2, 0.25) is 5.02 Å². The number of pyridine rings is 1. The molecule has 0 spiro atoms. The number of hydrogen-bond acceptors (Lipinski definition) is 7. The van der Waals surface area contributed by atoms with Crippen LogP contribution in [0.5, 0.6) is 0 Å². The van der Waals surface area contributed by atoms with Gasteiger partial charge in [0.05, 0.1) is 12.1 Å². The van der Waals surface area contributed by atoms with E-state index in [0.717, 1.165) is 22.1 Å². The number of halogens is 4. The molecule has 0 bridgehead atoms. The van der Waals surface area contributed by atoms with Gasteiger partial charge in [-0.3, -0.25) is 9.36 Å². The molecule has 11 nitrogen and oxygen atoms in total. The van der Waals surface area contributed by atoms with Gasteiger partial charge in [0.25, 0.3) is 5.91 Å². The molecule has 1 amide bonds. The summed E-state index contributed by atoms with van der Waals surface area (Å²) in [6.07, 6.45) is -3.18. The van der Waals surface area contributed by atoms with Crippen LogP contribution in [0.4, 0.5) is 13.2 Å². The van der Waals surface area contributed by atoms with Crippen molar-refractivity contribution in [2.75, 3.05) is 0 Å². The van der Waals surface area contributed by atoms with Crippen molar-refractivity contribution in [2.45, 2.75) is 50.7 Å². The maximum Gasteiger partial charge on any atom is 0.416 e. The summed E-state index contributed by atoms with van der Waals surface area (Å²) in [6.45, 7) is 0.582. The normalized spacial score (nSPS) is 15.2. The Bertz CT molecular complexity index is 1570. The Hall–Kier alpha value is -4.04. The van der Waals surface area contributed by atoms with Crippen LogP contribution in [-0.2, 0) is 13.1 Å². The van der Waals surface area contributed by atoms with Gasteiger partial charge in [-0.1, -0.05) is 11.6 Å². The topological polar surface area (TPSA) is 133 Å². The van der Waals surface area contributed by atoms with Crippen LogP contribution in [0.15, 0.2) is 53.7 Å². The van der Waals surface area contributed by atoms with Gasteiger partial charge < -0.3 is 10.4 Å². The van der Waals surface area contributed by atoms with Gasteiger partial charge in [0.1, 0.15) is 12.9 Å². The van der Waals surface area contributed by atoms with E-state index >= 15 is 0 Å². The molecule has 1 aliphatic rings. The van der Waals surface area contributed by atoms with Crippen LogP contribution in [0.25, 0.3) is 17.2 Å². The second kappa shape index (κ2) is 9.93. The van der Waals surface area contributed by atoms with Gasteiger partial charge in [-0.05, 0) is 56.2 Å². The van der Waals surface area contributed by atoms with Gasteiger partial charge in [-0.25, -0.2) is 24.1 Å². The number of aromatic nitrogens is 7. The minimum absolute atomic E-state index is 0.0898. The number of nitrogens with one attached hydrogen (secondary N) is 1. The van der Waals surface area contributed by atoms with Gasteiger partial charge >= 0.3 is 11.9 Å². The molecule has 0 saturated heterocycles. The number of hydrogen-bond donors (Lipinski definition) is 2. The van der Waals surface area contributed by atoms with Crippen LogP contribution in [-0.4, -0.2) is 62.9 Å². The summed E-state index contributed by atoms with van der Waals surface area (Å²) in [7, 11) is 0. The summed E-state index contributed by atoms with van der Waals surface area (Å²) in [5.41, 5.74) is -0.569. The molecule has 15 heteroatoms. The van der Waals surface area contributed by atoms with Crippen LogP contribution < -0.4 is 11.0 Å².